The van der Waals surface area contributed by atoms with Crippen LogP contribution in [0.25, 0.3) is 0 Å². The first kappa shape index (κ1) is 17.2. The van der Waals surface area contributed by atoms with E-state index in [1.807, 2.05) is 6.07 Å². The van der Waals surface area contributed by atoms with Crippen LogP contribution in [0.4, 0.5) is 0 Å². The summed E-state index contributed by atoms with van der Waals surface area (Å²) >= 11 is 5.90. The van der Waals surface area contributed by atoms with Crippen molar-refractivity contribution in [3.8, 4) is 0 Å². The van der Waals surface area contributed by atoms with Crippen LogP contribution in [-0.2, 0) is 9.53 Å². The summed E-state index contributed by atoms with van der Waals surface area (Å²) in [6.07, 6.45) is -0.734. The van der Waals surface area contributed by atoms with Gasteiger partial charge in [0, 0.05) is 17.5 Å². The summed E-state index contributed by atoms with van der Waals surface area (Å²) in [6, 6.07) is 15.1. The van der Waals surface area contributed by atoms with Crippen molar-refractivity contribution in [2.75, 3.05) is 7.05 Å². The summed E-state index contributed by atoms with van der Waals surface area (Å²) in [7, 11) is 1.66. The van der Waals surface area contributed by atoms with Crippen LogP contribution in [0.3, 0.4) is 0 Å². The Morgan fingerprint density at radius 3 is 2.17 bits per heavy atom. The fourth-order valence-corrected chi connectivity index (χ4v) is 2.49. The summed E-state index contributed by atoms with van der Waals surface area (Å²) in [5, 5.41) is 3.53. The van der Waals surface area contributed by atoms with Gasteiger partial charge in [0.25, 0.3) is 0 Å². The number of nitrogens with one attached hydrogen (secondary N) is 1. The van der Waals surface area contributed by atoms with Crippen LogP contribution < -0.4 is 5.32 Å². The zero-order chi connectivity index (χ0) is 16.8. The first-order valence-corrected chi connectivity index (χ1v) is 7.60. The standard InChI is InChI=1S/C18H18ClNO3/c1-12(21)23-18(14-8-10-15(19)11-9-14)16(20-2)17(22)13-6-4-3-5-7-13/h3-11,16,18,20H,1-2H3/t16-,18-/m0/s1. The number of rotatable bonds is 6. The maximum Gasteiger partial charge on any atom is 0.303 e. The van der Waals surface area contributed by atoms with Crippen molar-refractivity contribution in [1.82, 2.24) is 5.32 Å². The summed E-state index contributed by atoms with van der Waals surface area (Å²) in [5.74, 6) is -0.597. The molecule has 4 nitrogen and oxygen atoms in total. The van der Waals surface area contributed by atoms with Gasteiger partial charge in [-0.05, 0) is 24.7 Å². The molecule has 0 aliphatic heterocycles. The maximum absolute atomic E-state index is 12.8. The Labute approximate surface area is 140 Å². The van der Waals surface area contributed by atoms with Gasteiger partial charge in [-0.15, -0.1) is 0 Å². The maximum atomic E-state index is 12.8. The number of esters is 1. The van der Waals surface area contributed by atoms with Gasteiger partial charge in [0.1, 0.15) is 12.1 Å². The minimum absolute atomic E-state index is 0.144. The first-order valence-electron chi connectivity index (χ1n) is 7.22. The molecule has 120 valence electrons. The van der Waals surface area contributed by atoms with E-state index < -0.39 is 18.1 Å². The molecule has 0 aliphatic rings. The SMILES string of the molecule is CN[C@@H](C(=O)c1ccccc1)[C@@H](OC(C)=O)c1ccc(Cl)cc1. The number of ketones is 1. The van der Waals surface area contributed by atoms with Gasteiger partial charge in [-0.25, -0.2) is 0 Å². The molecule has 2 atom stereocenters. The molecule has 0 radical (unpaired) electrons. The molecule has 0 spiro atoms. The summed E-state index contributed by atoms with van der Waals surface area (Å²) in [4.78, 5) is 24.2. The van der Waals surface area contributed by atoms with Crippen LogP contribution in [0.15, 0.2) is 54.6 Å². The predicted molar refractivity (Wildman–Crippen MR) is 89.6 cm³/mol. The van der Waals surface area contributed by atoms with Crippen molar-refractivity contribution in [1.29, 1.82) is 0 Å². The number of hydrogen-bond donors (Lipinski definition) is 1. The Kier molecular flexibility index (Phi) is 5.90. The monoisotopic (exact) mass is 331 g/mol. The van der Waals surface area contributed by atoms with E-state index >= 15 is 0 Å². The third-order valence-electron chi connectivity index (χ3n) is 3.45. The minimum atomic E-state index is -0.734. The molecule has 0 fully saturated rings. The van der Waals surface area contributed by atoms with Gasteiger partial charge in [0.2, 0.25) is 0 Å². The quantitative estimate of drug-likeness (QED) is 0.651. The Balaban J connectivity index is 2.37. The lowest BCUT2D eigenvalue weighted by Gasteiger charge is -2.26. The molecule has 2 aromatic rings. The molecule has 0 aliphatic carbocycles. The fourth-order valence-electron chi connectivity index (χ4n) is 2.36. The molecule has 23 heavy (non-hydrogen) atoms. The van der Waals surface area contributed by atoms with E-state index in [4.69, 9.17) is 16.3 Å². The lowest BCUT2D eigenvalue weighted by molar-refractivity contribution is -0.147. The molecule has 0 heterocycles. The van der Waals surface area contributed by atoms with Gasteiger partial charge in [0.05, 0.1) is 0 Å². The van der Waals surface area contributed by atoms with E-state index in [0.29, 0.717) is 16.1 Å². The van der Waals surface area contributed by atoms with Crippen molar-refractivity contribution < 1.29 is 14.3 Å². The average molecular weight is 332 g/mol. The van der Waals surface area contributed by atoms with Gasteiger partial charge in [-0.2, -0.15) is 0 Å². The number of carbonyl (C=O) groups is 2. The van der Waals surface area contributed by atoms with E-state index in [2.05, 4.69) is 5.32 Å². The third kappa shape index (κ3) is 4.41. The van der Waals surface area contributed by atoms with Crippen molar-refractivity contribution in [3.05, 3.63) is 70.7 Å². The molecule has 1 N–H and O–H groups in total. The molecule has 0 saturated carbocycles. The van der Waals surface area contributed by atoms with Crippen molar-refractivity contribution in [2.24, 2.45) is 0 Å². The Morgan fingerprint density at radius 1 is 1.04 bits per heavy atom. The van der Waals surface area contributed by atoms with E-state index in [-0.39, 0.29) is 5.78 Å². The summed E-state index contributed by atoms with van der Waals surface area (Å²) in [5.41, 5.74) is 1.26. The number of hydrogen-bond acceptors (Lipinski definition) is 4. The number of halogens is 1. The fraction of sp³-hybridized carbons (Fsp3) is 0.222. The number of Topliss-reactive ketones (excluding diaryl/α,β-unsaturated/α-hetero) is 1. The average Bonchev–Trinajstić information content (AvgIpc) is 2.55. The number of ether oxygens (including phenoxy) is 1. The molecule has 0 unspecified atom stereocenters. The Bertz CT molecular complexity index is 670. The molecule has 0 amide bonds. The number of carbonyl (C=O) groups excluding carboxylic acids is 2. The lowest BCUT2D eigenvalue weighted by atomic mass is 9.95. The molecular weight excluding hydrogens is 314 g/mol. The van der Waals surface area contributed by atoms with Gasteiger partial charge in [-0.1, -0.05) is 54.1 Å². The lowest BCUT2D eigenvalue weighted by Crippen LogP contribution is -2.41. The second-order valence-electron chi connectivity index (χ2n) is 5.08. The van der Waals surface area contributed by atoms with Crippen LogP contribution >= 0.6 is 11.6 Å². The van der Waals surface area contributed by atoms with Crippen molar-refractivity contribution in [3.63, 3.8) is 0 Å². The second kappa shape index (κ2) is 7.90. The van der Waals surface area contributed by atoms with Gasteiger partial charge >= 0.3 is 5.97 Å². The van der Waals surface area contributed by atoms with Gasteiger partial charge < -0.3 is 10.1 Å². The summed E-state index contributed by atoms with van der Waals surface area (Å²) < 4.78 is 5.41. The van der Waals surface area contributed by atoms with Crippen LogP contribution in [0.2, 0.25) is 5.02 Å². The normalized spacial score (nSPS) is 13.2. The number of likely N-dealkylation sites (N-methyl/N-ethyl adjacent to an activating group) is 1. The van der Waals surface area contributed by atoms with Crippen LogP contribution in [-0.4, -0.2) is 24.8 Å². The van der Waals surface area contributed by atoms with Crippen LogP contribution in [0.1, 0.15) is 28.9 Å². The zero-order valence-electron chi connectivity index (χ0n) is 13.0. The van der Waals surface area contributed by atoms with E-state index in [9.17, 15) is 9.59 Å². The second-order valence-corrected chi connectivity index (χ2v) is 5.51. The van der Waals surface area contributed by atoms with E-state index in [0.717, 1.165) is 0 Å². The largest absolute Gasteiger partial charge is 0.455 e. The minimum Gasteiger partial charge on any atom is -0.455 e. The molecular formula is C18H18ClNO3. The molecule has 5 heteroatoms. The molecule has 0 aromatic heterocycles. The highest BCUT2D eigenvalue weighted by atomic mass is 35.5. The van der Waals surface area contributed by atoms with Gasteiger partial charge in [0.15, 0.2) is 5.78 Å². The summed E-state index contributed by atoms with van der Waals surface area (Å²) in [6.45, 7) is 1.32. The zero-order valence-corrected chi connectivity index (χ0v) is 13.7. The number of benzene rings is 2. The Morgan fingerprint density at radius 2 is 1.65 bits per heavy atom. The molecule has 2 aromatic carbocycles. The van der Waals surface area contributed by atoms with E-state index in [1.165, 1.54) is 6.92 Å². The van der Waals surface area contributed by atoms with Crippen LogP contribution in [0, 0.1) is 0 Å². The Hall–Kier alpha value is -2.17. The molecule has 0 bridgehead atoms. The van der Waals surface area contributed by atoms with Crippen molar-refractivity contribution >= 4 is 23.4 Å². The van der Waals surface area contributed by atoms with Crippen molar-refractivity contribution in [2.45, 2.75) is 19.1 Å². The highest BCUT2D eigenvalue weighted by Crippen LogP contribution is 2.25. The smallest absolute Gasteiger partial charge is 0.303 e. The molecule has 0 saturated heterocycles. The highest BCUT2D eigenvalue weighted by Gasteiger charge is 2.31. The van der Waals surface area contributed by atoms with E-state index in [1.54, 1.807) is 55.6 Å². The first-order chi connectivity index (χ1) is 11.0. The highest BCUT2D eigenvalue weighted by molar-refractivity contribution is 6.30. The third-order valence-corrected chi connectivity index (χ3v) is 3.70. The molecule has 2 rings (SSSR count). The topological polar surface area (TPSA) is 55.4 Å². The predicted octanol–water partition coefficient (Wildman–Crippen LogP) is 3.42. The van der Waals surface area contributed by atoms with Gasteiger partial charge in [-0.3, -0.25) is 9.59 Å². The van der Waals surface area contributed by atoms with Crippen LogP contribution in [0.5, 0.6) is 0 Å².